The molecule has 3 rings (SSSR count). The summed E-state index contributed by atoms with van der Waals surface area (Å²) < 4.78 is 1.10. The number of halogens is 1. The largest absolute Gasteiger partial charge is 0.311 e. The lowest BCUT2D eigenvalue weighted by Gasteiger charge is -2.40. The molecular weight excluding hydrogens is 324 g/mol. The van der Waals surface area contributed by atoms with Crippen LogP contribution in [0.5, 0.6) is 0 Å². The van der Waals surface area contributed by atoms with Gasteiger partial charge in [-0.1, -0.05) is 6.42 Å². The van der Waals surface area contributed by atoms with Gasteiger partial charge in [-0.25, -0.2) is 0 Å². The fraction of sp³-hybridized carbons (Fsp3) is 0.722. The van der Waals surface area contributed by atoms with Gasteiger partial charge in [-0.05, 0) is 91.3 Å². The van der Waals surface area contributed by atoms with Crippen LogP contribution in [0.3, 0.4) is 0 Å². The minimum absolute atomic E-state index is 0.199. The lowest BCUT2D eigenvalue weighted by atomic mass is 9.69. The molecule has 3 unspecified atom stereocenters. The molecule has 0 aromatic carbocycles. The predicted octanol–water partition coefficient (Wildman–Crippen LogP) is 4.58. The van der Waals surface area contributed by atoms with Crippen molar-refractivity contribution < 1.29 is 0 Å². The second kappa shape index (κ2) is 5.66. The minimum Gasteiger partial charge on any atom is -0.311 e. The van der Waals surface area contributed by atoms with E-state index in [-0.39, 0.29) is 5.54 Å². The van der Waals surface area contributed by atoms with Crippen molar-refractivity contribution in [3.8, 4) is 0 Å². The Morgan fingerprint density at radius 1 is 1.33 bits per heavy atom. The molecule has 2 aliphatic rings. The highest BCUT2D eigenvalue weighted by atomic mass is 79.9. The van der Waals surface area contributed by atoms with Crippen molar-refractivity contribution in [2.45, 2.75) is 58.4 Å². The number of aromatic nitrogens is 1. The Morgan fingerprint density at radius 2 is 2.14 bits per heavy atom. The number of hydrogen-bond acceptors (Lipinski definition) is 2. The fourth-order valence-electron chi connectivity index (χ4n) is 4.45. The predicted molar refractivity (Wildman–Crippen MR) is 91.3 cm³/mol. The van der Waals surface area contributed by atoms with E-state index in [2.05, 4.69) is 59.3 Å². The summed E-state index contributed by atoms with van der Waals surface area (Å²) >= 11 is 3.56. The molecule has 2 nitrogen and oxygen atoms in total. The smallest absolute Gasteiger partial charge is 0.0410 e. The molecule has 3 heteroatoms. The molecule has 2 bridgehead atoms. The van der Waals surface area contributed by atoms with Gasteiger partial charge in [-0.3, -0.25) is 4.98 Å². The number of hydrogen-bond donors (Lipinski definition) is 1. The van der Waals surface area contributed by atoms with E-state index in [1.165, 1.54) is 37.7 Å². The van der Waals surface area contributed by atoms with Crippen molar-refractivity contribution in [2.24, 2.45) is 17.3 Å². The molecule has 0 aliphatic heterocycles. The summed E-state index contributed by atoms with van der Waals surface area (Å²) in [4.78, 5) is 4.36. The van der Waals surface area contributed by atoms with Gasteiger partial charge in [-0.15, -0.1) is 0 Å². The first-order chi connectivity index (χ1) is 9.86. The molecule has 2 aliphatic carbocycles. The van der Waals surface area contributed by atoms with E-state index in [0.717, 1.165) is 22.9 Å². The van der Waals surface area contributed by atoms with Crippen LogP contribution in [0.15, 0.2) is 22.9 Å². The Kier molecular flexibility index (Phi) is 4.17. The number of pyridine rings is 1. The molecule has 2 fully saturated rings. The van der Waals surface area contributed by atoms with Crippen LogP contribution < -0.4 is 5.32 Å². The van der Waals surface area contributed by atoms with Crippen LogP contribution in [-0.4, -0.2) is 17.1 Å². The Morgan fingerprint density at radius 3 is 2.71 bits per heavy atom. The van der Waals surface area contributed by atoms with Crippen molar-refractivity contribution in [2.75, 3.05) is 6.54 Å². The molecular formula is C18H27BrN2. The Labute approximate surface area is 137 Å². The standard InChI is InChI=1S/C18H27BrN2/c1-17(2,3)21-12-18(8-13-4-5-15(18)6-13)9-14-7-16(19)11-20-10-14/h7,10-11,13,15,21H,4-6,8-9,12H2,1-3H3. The van der Waals surface area contributed by atoms with E-state index in [1.54, 1.807) is 0 Å². The zero-order valence-corrected chi connectivity index (χ0v) is 15.0. The average Bonchev–Trinajstić information content (AvgIpc) is 2.96. The maximum absolute atomic E-state index is 4.36. The summed E-state index contributed by atoms with van der Waals surface area (Å²) in [5, 5.41) is 3.79. The summed E-state index contributed by atoms with van der Waals surface area (Å²) in [7, 11) is 0. The van der Waals surface area contributed by atoms with E-state index in [1.807, 2.05) is 6.20 Å². The Hall–Kier alpha value is -0.410. The molecule has 1 aromatic rings. The molecule has 1 aromatic heterocycles. The highest BCUT2D eigenvalue weighted by Gasteiger charge is 2.50. The summed E-state index contributed by atoms with van der Waals surface area (Å²) in [5.74, 6) is 1.87. The lowest BCUT2D eigenvalue weighted by molar-refractivity contribution is 0.143. The summed E-state index contributed by atoms with van der Waals surface area (Å²) in [6, 6.07) is 2.25. The summed E-state index contributed by atoms with van der Waals surface area (Å²) in [5.41, 5.74) is 2.02. The van der Waals surface area contributed by atoms with Crippen LogP contribution in [-0.2, 0) is 6.42 Å². The van der Waals surface area contributed by atoms with E-state index in [4.69, 9.17) is 0 Å². The van der Waals surface area contributed by atoms with Gasteiger partial charge >= 0.3 is 0 Å². The quantitative estimate of drug-likeness (QED) is 0.859. The number of nitrogens with one attached hydrogen (secondary N) is 1. The Balaban J connectivity index is 1.80. The summed E-state index contributed by atoms with van der Waals surface area (Å²) in [6.07, 6.45) is 10.8. The molecule has 116 valence electrons. The second-order valence-corrected chi connectivity index (χ2v) is 9.15. The zero-order valence-electron chi connectivity index (χ0n) is 13.5. The monoisotopic (exact) mass is 350 g/mol. The van der Waals surface area contributed by atoms with E-state index in [0.29, 0.717) is 5.41 Å². The molecule has 1 N–H and O–H groups in total. The third kappa shape index (κ3) is 3.50. The van der Waals surface area contributed by atoms with Gasteiger partial charge in [0.05, 0.1) is 0 Å². The maximum Gasteiger partial charge on any atom is 0.0410 e. The number of nitrogens with zero attached hydrogens (tertiary/aromatic N) is 1. The lowest BCUT2D eigenvalue weighted by Crippen LogP contribution is -2.47. The molecule has 0 radical (unpaired) electrons. The van der Waals surface area contributed by atoms with Crippen LogP contribution >= 0.6 is 15.9 Å². The maximum atomic E-state index is 4.36. The topological polar surface area (TPSA) is 24.9 Å². The van der Waals surface area contributed by atoms with Crippen LogP contribution in [0.2, 0.25) is 0 Å². The van der Waals surface area contributed by atoms with Gasteiger partial charge in [-0.2, -0.15) is 0 Å². The average molecular weight is 351 g/mol. The van der Waals surface area contributed by atoms with Crippen LogP contribution in [0.25, 0.3) is 0 Å². The number of rotatable bonds is 4. The third-order valence-corrected chi connectivity index (χ3v) is 5.82. The van der Waals surface area contributed by atoms with Crippen molar-refractivity contribution in [1.82, 2.24) is 10.3 Å². The van der Waals surface area contributed by atoms with Crippen molar-refractivity contribution in [1.29, 1.82) is 0 Å². The molecule has 0 amide bonds. The molecule has 0 saturated heterocycles. The minimum atomic E-state index is 0.199. The molecule has 0 spiro atoms. The highest BCUT2D eigenvalue weighted by molar-refractivity contribution is 9.10. The zero-order chi connectivity index (χ0) is 15.1. The summed E-state index contributed by atoms with van der Waals surface area (Å²) in [6.45, 7) is 7.96. The van der Waals surface area contributed by atoms with Gasteiger partial charge in [0.25, 0.3) is 0 Å². The van der Waals surface area contributed by atoms with Gasteiger partial charge in [0.1, 0.15) is 0 Å². The number of fused-ring (bicyclic) bond motifs is 2. The molecule has 1 heterocycles. The van der Waals surface area contributed by atoms with E-state index in [9.17, 15) is 0 Å². The third-order valence-electron chi connectivity index (χ3n) is 5.39. The SMILES string of the molecule is CC(C)(C)NCC1(Cc2cncc(Br)c2)CC2CCC1C2. The van der Waals surface area contributed by atoms with Crippen molar-refractivity contribution in [3.05, 3.63) is 28.5 Å². The molecule has 2 saturated carbocycles. The van der Waals surface area contributed by atoms with Gasteiger partial charge in [0, 0.05) is 29.0 Å². The van der Waals surface area contributed by atoms with Crippen molar-refractivity contribution in [3.63, 3.8) is 0 Å². The van der Waals surface area contributed by atoms with Crippen LogP contribution in [0.1, 0.15) is 52.0 Å². The van der Waals surface area contributed by atoms with Gasteiger partial charge in [0.2, 0.25) is 0 Å². The normalized spacial score (nSPS) is 31.8. The first-order valence-electron chi connectivity index (χ1n) is 8.21. The van der Waals surface area contributed by atoms with E-state index < -0.39 is 0 Å². The first-order valence-corrected chi connectivity index (χ1v) is 9.00. The van der Waals surface area contributed by atoms with Crippen molar-refractivity contribution >= 4 is 15.9 Å². The van der Waals surface area contributed by atoms with Crippen LogP contribution in [0.4, 0.5) is 0 Å². The van der Waals surface area contributed by atoms with E-state index >= 15 is 0 Å². The van der Waals surface area contributed by atoms with Gasteiger partial charge < -0.3 is 5.32 Å². The highest BCUT2D eigenvalue weighted by Crippen LogP contribution is 2.57. The Bertz CT molecular complexity index is 508. The van der Waals surface area contributed by atoms with Gasteiger partial charge in [0.15, 0.2) is 0 Å². The molecule has 21 heavy (non-hydrogen) atoms. The molecule has 3 atom stereocenters. The fourth-order valence-corrected chi connectivity index (χ4v) is 4.87. The second-order valence-electron chi connectivity index (χ2n) is 8.23. The first kappa shape index (κ1) is 15.5. The van der Waals surface area contributed by atoms with Crippen LogP contribution in [0, 0.1) is 17.3 Å².